The molecular formula is C14H23N3O3. The van der Waals surface area contributed by atoms with Gasteiger partial charge in [0.2, 0.25) is 11.8 Å². The van der Waals surface area contributed by atoms with Gasteiger partial charge in [-0.2, -0.15) is 4.98 Å². The molecule has 1 atom stereocenters. The van der Waals surface area contributed by atoms with E-state index in [1.807, 2.05) is 6.92 Å². The maximum atomic E-state index is 10.9. The maximum absolute atomic E-state index is 10.9. The van der Waals surface area contributed by atoms with Gasteiger partial charge in [0, 0.05) is 24.7 Å². The van der Waals surface area contributed by atoms with Crippen molar-refractivity contribution in [1.29, 1.82) is 0 Å². The Hall–Kier alpha value is -1.85. The summed E-state index contributed by atoms with van der Waals surface area (Å²) in [4.78, 5) is 19.3. The smallest absolute Gasteiger partial charge is 0.303 e. The van der Waals surface area contributed by atoms with Crippen LogP contribution in [-0.4, -0.2) is 34.7 Å². The van der Waals surface area contributed by atoms with Gasteiger partial charge < -0.3 is 15.2 Å². The number of carboxylic acid groups (broad SMARTS) is 1. The van der Waals surface area contributed by atoms with Crippen molar-refractivity contribution in [2.45, 2.75) is 33.6 Å². The van der Waals surface area contributed by atoms with Gasteiger partial charge in [0.25, 0.3) is 0 Å². The minimum Gasteiger partial charge on any atom is -0.481 e. The quantitative estimate of drug-likeness (QED) is 0.761. The fraction of sp³-hybridized carbons (Fsp3) is 0.643. The average molecular weight is 281 g/mol. The molecule has 0 aromatic carbocycles. The van der Waals surface area contributed by atoms with Gasteiger partial charge in [-0.15, -0.1) is 0 Å². The molecule has 0 saturated heterocycles. The first-order chi connectivity index (χ1) is 9.40. The zero-order chi connectivity index (χ0) is 15.1. The van der Waals surface area contributed by atoms with Gasteiger partial charge in [-0.25, -0.2) is 4.98 Å². The van der Waals surface area contributed by atoms with Crippen LogP contribution in [0.2, 0.25) is 0 Å². The van der Waals surface area contributed by atoms with Crippen molar-refractivity contribution in [1.82, 2.24) is 9.97 Å². The number of ether oxygens (including phenoxy) is 1. The summed E-state index contributed by atoms with van der Waals surface area (Å²) in [5.74, 6) is 0.705. The SMILES string of the molecule is COc1cc(C)nc(NCC(CC(=O)O)CC(C)C)n1. The second-order valence-electron chi connectivity index (χ2n) is 5.35. The monoisotopic (exact) mass is 281 g/mol. The normalized spacial score (nSPS) is 12.2. The number of hydrogen-bond acceptors (Lipinski definition) is 5. The minimum atomic E-state index is -0.778. The third kappa shape index (κ3) is 5.86. The third-order valence-corrected chi connectivity index (χ3v) is 2.86. The highest BCUT2D eigenvalue weighted by atomic mass is 16.5. The van der Waals surface area contributed by atoms with Crippen LogP contribution in [0.25, 0.3) is 0 Å². The standard InChI is InChI=1S/C14H23N3O3/c1-9(2)5-11(7-13(18)19)8-15-14-16-10(3)6-12(17-14)20-4/h6,9,11H,5,7-8H2,1-4H3,(H,18,19)(H,15,16,17). The Labute approximate surface area is 119 Å². The van der Waals surface area contributed by atoms with Gasteiger partial charge >= 0.3 is 5.97 Å². The van der Waals surface area contributed by atoms with Crippen LogP contribution >= 0.6 is 0 Å². The van der Waals surface area contributed by atoms with Gasteiger partial charge in [0.15, 0.2) is 0 Å². The van der Waals surface area contributed by atoms with Crippen LogP contribution in [0.5, 0.6) is 5.88 Å². The lowest BCUT2D eigenvalue weighted by atomic mass is 9.94. The van der Waals surface area contributed by atoms with Crippen LogP contribution in [0, 0.1) is 18.8 Å². The molecule has 0 aliphatic heterocycles. The second kappa shape index (κ2) is 7.67. The van der Waals surface area contributed by atoms with Gasteiger partial charge in [-0.05, 0) is 25.2 Å². The van der Waals surface area contributed by atoms with E-state index < -0.39 is 5.97 Å². The van der Waals surface area contributed by atoms with E-state index in [4.69, 9.17) is 9.84 Å². The lowest BCUT2D eigenvalue weighted by molar-refractivity contribution is -0.138. The van der Waals surface area contributed by atoms with E-state index in [1.54, 1.807) is 13.2 Å². The molecule has 0 aliphatic carbocycles. The van der Waals surface area contributed by atoms with E-state index in [-0.39, 0.29) is 12.3 Å². The summed E-state index contributed by atoms with van der Waals surface area (Å²) in [5, 5.41) is 12.0. The number of carbonyl (C=O) groups is 1. The van der Waals surface area contributed by atoms with Crippen LogP contribution in [-0.2, 0) is 4.79 Å². The number of anilines is 1. The number of hydrogen-bond donors (Lipinski definition) is 2. The van der Waals surface area contributed by atoms with Crippen LogP contribution < -0.4 is 10.1 Å². The molecule has 0 amide bonds. The highest BCUT2D eigenvalue weighted by molar-refractivity contribution is 5.67. The predicted molar refractivity (Wildman–Crippen MR) is 77.0 cm³/mol. The summed E-state index contributed by atoms with van der Waals surface area (Å²) >= 11 is 0. The molecule has 0 aliphatic rings. The van der Waals surface area contributed by atoms with Crippen molar-refractivity contribution in [3.63, 3.8) is 0 Å². The Bertz CT molecular complexity index is 449. The Morgan fingerprint density at radius 2 is 2.15 bits per heavy atom. The van der Waals surface area contributed by atoms with Crippen molar-refractivity contribution in [2.75, 3.05) is 19.0 Å². The highest BCUT2D eigenvalue weighted by Gasteiger charge is 2.15. The molecular weight excluding hydrogens is 258 g/mol. The largest absolute Gasteiger partial charge is 0.481 e. The predicted octanol–water partition coefficient (Wildman–Crippen LogP) is 2.34. The minimum absolute atomic E-state index is 0.0580. The van der Waals surface area contributed by atoms with E-state index in [0.29, 0.717) is 24.3 Å². The van der Waals surface area contributed by atoms with Gasteiger partial charge in [0.05, 0.1) is 7.11 Å². The molecule has 112 valence electrons. The molecule has 0 fully saturated rings. The van der Waals surface area contributed by atoms with Gasteiger partial charge in [-0.3, -0.25) is 4.79 Å². The van der Waals surface area contributed by atoms with Gasteiger partial charge in [-0.1, -0.05) is 13.8 Å². The molecule has 0 bridgehead atoms. The van der Waals surface area contributed by atoms with E-state index in [0.717, 1.165) is 12.1 Å². The van der Waals surface area contributed by atoms with Crippen LogP contribution in [0.4, 0.5) is 5.95 Å². The average Bonchev–Trinajstić information content (AvgIpc) is 2.34. The lowest BCUT2D eigenvalue weighted by Gasteiger charge is -2.18. The van der Waals surface area contributed by atoms with Crippen LogP contribution in [0.3, 0.4) is 0 Å². The fourth-order valence-corrected chi connectivity index (χ4v) is 2.11. The van der Waals surface area contributed by atoms with E-state index in [1.165, 1.54) is 0 Å². The zero-order valence-corrected chi connectivity index (χ0v) is 12.5. The molecule has 2 N–H and O–H groups in total. The summed E-state index contributed by atoms with van der Waals surface area (Å²) < 4.78 is 5.09. The Balaban J connectivity index is 2.66. The first-order valence-electron chi connectivity index (χ1n) is 6.76. The summed E-state index contributed by atoms with van der Waals surface area (Å²) in [6.45, 7) is 6.57. The number of nitrogens with zero attached hydrogens (tertiary/aromatic N) is 2. The molecule has 1 aromatic heterocycles. The Morgan fingerprint density at radius 3 is 2.70 bits per heavy atom. The first kappa shape index (κ1) is 16.2. The molecule has 1 aromatic rings. The summed E-state index contributed by atoms with van der Waals surface area (Å²) in [6, 6.07) is 1.74. The molecule has 6 nitrogen and oxygen atoms in total. The van der Waals surface area contributed by atoms with Crippen molar-refractivity contribution in [3.05, 3.63) is 11.8 Å². The second-order valence-corrected chi connectivity index (χ2v) is 5.35. The summed E-state index contributed by atoms with van der Waals surface area (Å²) in [6.07, 6.45) is 0.996. The van der Waals surface area contributed by atoms with Crippen LogP contribution in [0.15, 0.2) is 6.07 Å². The number of aryl methyl sites for hydroxylation is 1. The summed E-state index contributed by atoms with van der Waals surface area (Å²) in [5.41, 5.74) is 0.804. The summed E-state index contributed by atoms with van der Waals surface area (Å²) in [7, 11) is 1.55. The topological polar surface area (TPSA) is 84.3 Å². The third-order valence-electron chi connectivity index (χ3n) is 2.86. The molecule has 6 heteroatoms. The Kier molecular flexibility index (Phi) is 6.21. The molecule has 20 heavy (non-hydrogen) atoms. The number of aromatic nitrogens is 2. The zero-order valence-electron chi connectivity index (χ0n) is 12.5. The van der Waals surface area contributed by atoms with Gasteiger partial charge in [0.1, 0.15) is 0 Å². The Morgan fingerprint density at radius 1 is 1.45 bits per heavy atom. The van der Waals surface area contributed by atoms with E-state index >= 15 is 0 Å². The lowest BCUT2D eigenvalue weighted by Crippen LogP contribution is -2.20. The molecule has 1 unspecified atom stereocenters. The van der Waals surface area contributed by atoms with E-state index in [2.05, 4.69) is 29.1 Å². The first-order valence-corrected chi connectivity index (χ1v) is 6.76. The number of rotatable bonds is 8. The van der Waals surface area contributed by atoms with Crippen molar-refractivity contribution in [2.24, 2.45) is 11.8 Å². The number of aliphatic carboxylic acids is 1. The molecule has 1 heterocycles. The van der Waals surface area contributed by atoms with Crippen molar-refractivity contribution in [3.8, 4) is 5.88 Å². The maximum Gasteiger partial charge on any atom is 0.303 e. The molecule has 0 spiro atoms. The molecule has 1 rings (SSSR count). The number of nitrogens with one attached hydrogen (secondary N) is 1. The fourth-order valence-electron chi connectivity index (χ4n) is 2.11. The van der Waals surface area contributed by atoms with Crippen LogP contribution in [0.1, 0.15) is 32.4 Å². The van der Waals surface area contributed by atoms with Crippen molar-refractivity contribution < 1.29 is 14.6 Å². The number of methoxy groups -OCH3 is 1. The molecule has 0 saturated carbocycles. The number of carboxylic acids is 1. The van der Waals surface area contributed by atoms with E-state index in [9.17, 15) is 4.79 Å². The van der Waals surface area contributed by atoms with Crippen molar-refractivity contribution >= 4 is 11.9 Å². The highest BCUT2D eigenvalue weighted by Crippen LogP contribution is 2.17. The molecule has 0 radical (unpaired) electrons.